The molecule has 0 aliphatic carbocycles. The fourth-order valence-corrected chi connectivity index (χ4v) is 1.68. The predicted molar refractivity (Wildman–Crippen MR) is 62.4 cm³/mol. The van der Waals surface area contributed by atoms with Gasteiger partial charge in [0.1, 0.15) is 5.78 Å². The Balaban J connectivity index is 1.98. The van der Waals surface area contributed by atoms with Gasteiger partial charge in [-0.2, -0.15) is 4.80 Å². The first kappa shape index (κ1) is 11.4. The van der Waals surface area contributed by atoms with E-state index in [2.05, 4.69) is 15.4 Å². The second-order valence-electron chi connectivity index (χ2n) is 4.08. The topological polar surface area (TPSA) is 60.7 Å². The number of hydrogen-bond acceptors (Lipinski definition) is 4. The van der Waals surface area contributed by atoms with Gasteiger partial charge < -0.3 is 0 Å². The average Bonchev–Trinajstić information content (AvgIpc) is 2.63. The first-order valence-electron chi connectivity index (χ1n) is 5.43. The van der Waals surface area contributed by atoms with E-state index in [9.17, 15) is 4.79 Å². The van der Waals surface area contributed by atoms with Crippen LogP contribution < -0.4 is 0 Å². The molecular weight excluding hydrogens is 216 g/mol. The van der Waals surface area contributed by atoms with Gasteiger partial charge in [0, 0.05) is 6.42 Å². The maximum atomic E-state index is 11.8. The van der Waals surface area contributed by atoms with Crippen molar-refractivity contribution in [2.24, 2.45) is 7.05 Å². The lowest BCUT2D eigenvalue weighted by Crippen LogP contribution is -2.08. The summed E-state index contributed by atoms with van der Waals surface area (Å²) in [4.78, 5) is 13.1. The van der Waals surface area contributed by atoms with Crippen molar-refractivity contribution < 1.29 is 4.79 Å². The van der Waals surface area contributed by atoms with Crippen LogP contribution in [0, 0.1) is 6.92 Å². The van der Waals surface area contributed by atoms with E-state index in [1.54, 1.807) is 7.05 Å². The van der Waals surface area contributed by atoms with Crippen molar-refractivity contribution in [1.29, 1.82) is 0 Å². The maximum absolute atomic E-state index is 11.8. The minimum atomic E-state index is 0.101. The minimum Gasteiger partial charge on any atom is -0.299 e. The molecule has 1 aromatic carbocycles. The molecule has 0 fully saturated rings. The third-order valence-corrected chi connectivity index (χ3v) is 2.39. The zero-order valence-electron chi connectivity index (χ0n) is 9.92. The van der Waals surface area contributed by atoms with Crippen LogP contribution in [0.25, 0.3) is 0 Å². The number of benzene rings is 1. The molecule has 2 rings (SSSR count). The number of carbonyl (C=O) groups is 1. The molecule has 0 saturated carbocycles. The van der Waals surface area contributed by atoms with Gasteiger partial charge in [0.2, 0.25) is 0 Å². The lowest BCUT2D eigenvalue weighted by molar-refractivity contribution is -0.117. The highest BCUT2D eigenvalue weighted by molar-refractivity contribution is 5.82. The van der Waals surface area contributed by atoms with Crippen molar-refractivity contribution in [2.45, 2.75) is 19.8 Å². The third kappa shape index (κ3) is 3.21. The molecule has 0 saturated heterocycles. The second-order valence-corrected chi connectivity index (χ2v) is 4.08. The molecule has 1 heterocycles. The molecule has 0 radical (unpaired) electrons. The number of ketones is 1. The van der Waals surface area contributed by atoms with Crippen molar-refractivity contribution in [3.05, 3.63) is 41.2 Å². The van der Waals surface area contributed by atoms with Crippen LogP contribution in [0.1, 0.15) is 17.0 Å². The van der Waals surface area contributed by atoms with Crippen LogP contribution in [0.2, 0.25) is 0 Å². The standard InChI is InChI=1S/C12H14N4O/c1-9-4-3-5-10(6-9)7-11(17)8-12-13-15-16(2)14-12/h3-6H,7-8H2,1-2H3. The molecule has 0 aliphatic rings. The maximum Gasteiger partial charge on any atom is 0.182 e. The molecule has 17 heavy (non-hydrogen) atoms. The number of carbonyl (C=O) groups excluding carboxylic acids is 1. The Morgan fingerprint density at radius 2 is 2.18 bits per heavy atom. The fraction of sp³-hybridized carbons (Fsp3) is 0.333. The number of aromatic nitrogens is 4. The quantitative estimate of drug-likeness (QED) is 0.782. The summed E-state index contributed by atoms with van der Waals surface area (Å²) < 4.78 is 0. The van der Waals surface area contributed by atoms with Gasteiger partial charge in [0.05, 0.1) is 13.5 Å². The van der Waals surface area contributed by atoms with Gasteiger partial charge in [-0.3, -0.25) is 4.79 Å². The number of nitrogens with zero attached hydrogens (tertiary/aromatic N) is 4. The molecule has 0 unspecified atom stereocenters. The second kappa shape index (κ2) is 4.86. The highest BCUT2D eigenvalue weighted by atomic mass is 16.1. The van der Waals surface area contributed by atoms with Crippen LogP contribution in [0.4, 0.5) is 0 Å². The minimum absolute atomic E-state index is 0.101. The lowest BCUT2D eigenvalue weighted by atomic mass is 10.0. The summed E-state index contributed by atoms with van der Waals surface area (Å²) in [6, 6.07) is 7.94. The first-order chi connectivity index (χ1) is 8.13. The van der Waals surface area contributed by atoms with E-state index in [0.717, 1.165) is 11.1 Å². The van der Waals surface area contributed by atoms with Gasteiger partial charge in [-0.15, -0.1) is 10.2 Å². The smallest absolute Gasteiger partial charge is 0.182 e. The first-order valence-corrected chi connectivity index (χ1v) is 5.43. The Kier molecular flexibility index (Phi) is 3.27. The fourth-order valence-electron chi connectivity index (χ4n) is 1.68. The van der Waals surface area contributed by atoms with E-state index in [-0.39, 0.29) is 12.2 Å². The predicted octanol–water partition coefficient (Wildman–Crippen LogP) is 0.873. The highest BCUT2D eigenvalue weighted by Crippen LogP contribution is 2.06. The number of rotatable bonds is 4. The van der Waals surface area contributed by atoms with E-state index in [0.29, 0.717) is 12.2 Å². The van der Waals surface area contributed by atoms with Gasteiger partial charge >= 0.3 is 0 Å². The van der Waals surface area contributed by atoms with Crippen LogP contribution in [-0.4, -0.2) is 26.0 Å². The van der Waals surface area contributed by atoms with E-state index in [1.165, 1.54) is 4.80 Å². The van der Waals surface area contributed by atoms with Gasteiger partial charge in [0.25, 0.3) is 0 Å². The normalized spacial score (nSPS) is 10.5. The van der Waals surface area contributed by atoms with Crippen molar-refractivity contribution in [2.75, 3.05) is 0 Å². The van der Waals surface area contributed by atoms with Crippen molar-refractivity contribution in [3.63, 3.8) is 0 Å². The van der Waals surface area contributed by atoms with Gasteiger partial charge in [-0.25, -0.2) is 0 Å². The Bertz CT molecular complexity index is 533. The molecule has 0 amide bonds. The largest absolute Gasteiger partial charge is 0.299 e. The summed E-state index contributed by atoms with van der Waals surface area (Å²) in [5.41, 5.74) is 2.19. The molecular formula is C12H14N4O. The van der Waals surface area contributed by atoms with E-state index in [1.807, 2.05) is 31.2 Å². The van der Waals surface area contributed by atoms with E-state index < -0.39 is 0 Å². The monoisotopic (exact) mass is 230 g/mol. The number of Topliss-reactive ketones (excluding diaryl/α,β-unsaturated/α-hetero) is 1. The highest BCUT2D eigenvalue weighted by Gasteiger charge is 2.09. The van der Waals surface area contributed by atoms with Crippen LogP contribution in [-0.2, 0) is 24.7 Å². The Morgan fingerprint density at radius 1 is 1.35 bits per heavy atom. The number of tetrazole rings is 1. The Morgan fingerprint density at radius 3 is 2.82 bits per heavy atom. The Hall–Kier alpha value is -2.04. The molecule has 0 aliphatic heterocycles. The third-order valence-electron chi connectivity index (χ3n) is 2.39. The SMILES string of the molecule is Cc1cccc(CC(=O)Cc2nnn(C)n2)c1. The van der Waals surface area contributed by atoms with Crippen LogP contribution >= 0.6 is 0 Å². The van der Waals surface area contributed by atoms with Crippen LogP contribution in [0.3, 0.4) is 0 Å². The van der Waals surface area contributed by atoms with Gasteiger partial charge in [0.15, 0.2) is 5.82 Å². The Labute approximate surface area is 99.5 Å². The van der Waals surface area contributed by atoms with Gasteiger partial charge in [-0.05, 0) is 17.7 Å². The summed E-state index contributed by atoms with van der Waals surface area (Å²) >= 11 is 0. The average molecular weight is 230 g/mol. The molecule has 5 heteroatoms. The zero-order chi connectivity index (χ0) is 12.3. The van der Waals surface area contributed by atoms with Crippen LogP contribution in [0.5, 0.6) is 0 Å². The summed E-state index contributed by atoms with van der Waals surface area (Å²) in [6.45, 7) is 2.01. The molecule has 0 spiro atoms. The summed E-state index contributed by atoms with van der Waals surface area (Å²) in [7, 11) is 1.68. The molecule has 0 bridgehead atoms. The molecule has 1 aromatic heterocycles. The molecule has 0 N–H and O–H groups in total. The number of aryl methyl sites for hydroxylation is 2. The summed E-state index contributed by atoms with van der Waals surface area (Å²) in [6.07, 6.45) is 0.654. The summed E-state index contributed by atoms with van der Waals surface area (Å²) in [5, 5.41) is 11.5. The van der Waals surface area contributed by atoms with Gasteiger partial charge in [-0.1, -0.05) is 29.8 Å². The zero-order valence-corrected chi connectivity index (χ0v) is 9.92. The van der Waals surface area contributed by atoms with Crippen molar-refractivity contribution in [1.82, 2.24) is 20.2 Å². The van der Waals surface area contributed by atoms with Crippen molar-refractivity contribution >= 4 is 5.78 Å². The molecule has 0 atom stereocenters. The number of hydrogen-bond donors (Lipinski definition) is 0. The van der Waals surface area contributed by atoms with E-state index in [4.69, 9.17) is 0 Å². The molecule has 5 nitrogen and oxygen atoms in total. The van der Waals surface area contributed by atoms with Crippen LogP contribution in [0.15, 0.2) is 24.3 Å². The molecule has 88 valence electrons. The molecule has 2 aromatic rings. The lowest BCUT2D eigenvalue weighted by Gasteiger charge is -2.00. The van der Waals surface area contributed by atoms with E-state index >= 15 is 0 Å². The van der Waals surface area contributed by atoms with Crippen molar-refractivity contribution in [3.8, 4) is 0 Å². The summed E-state index contributed by atoms with van der Waals surface area (Å²) in [5.74, 6) is 0.578.